The van der Waals surface area contributed by atoms with E-state index in [9.17, 15) is 5.21 Å². The second-order valence-corrected chi connectivity index (χ2v) is 3.15. The molecule has 0 unspecified atom stereocenters. The number of fused-ring (bicyclic) bond motifs is 1. The standard InChI is InChI=1S/C8H10N6O/c9-4-3-1-14(15)2-13-8(3)7(12)6(11)5(4)10/h1-2H,9-12H2. The molecule has 1 heterocycles. The maximum atomic E-state index is 11.0. The Labute approximate surface area is 84.9 Å². The van der Waals surface area contributed by atoms with Gasteiger partial charge in [-0.05, 0) is 4.98 Å². The van der Waals surface area contributed by atoms with Crippen molar-refractivity contribution in [3.05, 3.63) is 17.7 Å². The zero-order valence-electron chi connectivity index (χ0n) is 7.77. The van der Waals surface area contributed by atoms with E-state index in [2.05, 4.69) is 4.98 Å². The largest absolute Gasteiger partial charge is 0.711 e. The molecule has 0 atom stereocenters. The number of nitrogens with two attached hydrogens (primary N) is 4. The fourth-order valence-corrected chi connectivity index (χ4v) is 1.38. The van der Waals surface area contributed by atoms with Gasteiger partial charge in [0, 0.05) is 0 Å². The number of hydrogen-bond acceptors (Lipinski definition) is 6. The van der Waals surface area contributed by atoms with Gasteiger partial charge in [-0.1, -0.05) is 0 Å². The highest BCUT2D eigenvalue weighted by molar-refractivity contribution is 6.09. The minimum absolute atomic E-state index is 0.174. The summed E-state index contributed by atoms with van der Waals surface area (Å²) in [6.07, 6.45) is 2.33. The Morgan fingerprint density at radius 2 is 1.60 bits per heavy atom. The molecule has 0 bridgehead atoms. The maximum absolute atomic E-state index is 11.0. The Hall–Kier alpha value is -2.44. The van der Waals surface area contributed by atoms with Crippen LogP contribution in [0.5, 0.6) is 0 Å². The van der Waals surface area contributed by atoms with Crippen LogP contribution in [0.25, 0.3) is 10.9 Å². The number of rotatable bonds is 0. The molecule has 0 amide bonds. The molecule has 0 aliphatic heterocycles. The molecule has 0 aliphatic carbocycles. The fourth-order valence-electron chi connectivity index (χ4n) is 1.38. The lowest BCUT2D eigenvalue weighted by molar-refractivity contribution is -0.607. The molecule has 1 aromatic heterocycles. The van der Waals surface area contributed by atoms with Gasteiger partial charge in [-0.2, -0.15) is 0 Å². The van der Waals surface area contributed by atoms with Crippen molar-refractivity contribution >= 4 is 33.7 Å². The summed E-state index contributed by atoms with van der Waals surface area (Å²) in [4.78, 5) is 3.85. The highest BCUT2D eigenvalue weighted by Crippen LogP contribution is 2.36. The van der Waals surface area contributed by atoms with Crippen LogP contribution in [0.3, 0.4) is 0 Å². The van der Waals surface area contributed by atoms with Crippen LogP contribution in [0, 0.1) is 5.21 Å². The number of nitrogen functional groups attached to an aromatic ring is 4. The van der Waals surface area contributed by atoms with Crippen molar-refractivity contribution in [1.82, 2.24) is 4.98 Å². The van der Waals surface area contributed by atoms with Crippen molar-refractivity contribution in [1.29, 1.82) is 0 Å². The second kappa shape index (κ2) is 2.77. The fraction of sp³-hybridized carbons (Fsp3) is 0. The second-order valence-electron chi connectivity index (χ2n) is 3.15. The summed E-state index contributed by atoms with van der Waals surface area (Å²) in [5.74, 6) is 0. The van der Waals surface area contributed by atoms with Crippen LogP contribution < -0.4 is 27.7 Å². The first-order valence-electron chi connectivity index (χ1n) is 4.12. The minimum Gasteiger partial charge on any atom is -0.711 e. The lowest BCUT2D eigenvalue weighted by Gasteiger charge is -2.09. The van der Waals surface area contributed by atoms with Crippen LogP contribution in [0.4, 0.5) is 22.7 Å². The predicted molar refractivity (Wildman–Crippen MR) is 58.4 cm³/mol. The van der Waals surface area contributed by atoms with Crippen molar-refractivity contribution in [2.45, 2.75) is 0 Å². The average molecular weight is 206 g/mol. The van der Waals surface area contributed by atoms with E-state index in [4.69, 9.17) is 22.9 Å². The van der Waals surface area contributed by atoms with E-state index in [0.717, 1.165) is 6.33 Å². The number of benzene rings is 1. The molecule has 7 heteroatoms. The van der Waals surface area contributed by atoms with Crippen LogP contribution in [0.1, 0.15) is 0 Å². The topological polar surface area (TPSA) is 144 Å². The Bertz CT molecular complexity index is 553. The van der Waals surface area contributed by atoms with Crippen LogP contribution in [-0.4, -0.2) is 4.98 Å². The Morgan fingerprint density at radius 1 is 1.00 bits per heavy atom. The summed E-state index contributed by atoms with van der Waals surface area (Å²) in [5.41, 5.74) is 23.9. The van der Waals surface area contributed by atoms with Gasteiger partial charge in [0.2, 0.25) is 5.52 Å². The molecule has 0 radical (unpaired) electrons. The van der Waals surface area contributed by atoms with Gasteiger partial charge < -0.3 is 28.1 Å². The van der Waals surface area contributed by atoms with Crippen LogP contribution in [-0.2, 0) is 0 Å². The van der Waals surface area contributed by atoms with Crippen molar-refractivity contribution in [3.63, 3.8) is 0 Å². The predicted octanol–water partition coefficient (Wildman–Crippen LogP) is -0.803. The van der Waals surface area contributed by atoms with Gasteiger partial charge in [0.15, 0.2) is 0 Å². The van der Waals surface area contributed by atoms with E-state index < -0.39 is 0 Å². The highest BCUT2D eigenvalue weighted by atomic mass is 16.5. The molecule has 2 aromatic rings. The number of nitrogens with zero attached hydrogens (tertiary/aromatic N) is 2. The molecule has 0 fully saturated rings. The van der Waals surface area contributed by atoms with Gasteiger partial charge in [0.25, 0.3) is 6.33 Å². The van der Waals surface area contributed by atoms with E-state index in [1.165, 1.54) is 6.20 Å². The van der Waals surface area contributed by atoms with Gasteiger partial charge in [0.05, 0.1) is 22.4 Å². The molecule has 0 aliphatic rings. The van der Waals surface area contributed by atoms with Gasteiger partial charge in [-0.25, -0.2) is 4.73 Å². The minimum atomic E-state index is 0.174. The van der Waals surface area contributed by atoms with Crippen molar-refractivity contribution in [3.8, 4) is 0 Å². The zero-order chi connectivity index (χ0) is 11.2. The lowest BCUT2D eigenvalue weighted by Crippen LogP contribution is -2.25. The molecule has 0 spiro atoms. The quantitative estimate of drug-likeness (QED) is 0.252. The molecule has 78 valence electrons. The van der Waals surface area contributed by atoms with Gasteiger partial charge >= 0.3 is 0 Å². The molecule has 7 nitrogen and oxygen atoms in total. The summed E-state index contributed by atoms with van der Waals surface area (Å²) >= 11 is 0. The molecule has 2 rings (SSSR count). The van der Waals surface area contributed by atoms with Crippen LogP contribution >= 0.6 is 0 Å². The molecular weight excluding hydrogens is 196 g/mol. The first-order valence-corrected chi connectivity index (χ1v) is 4.12. The molecule has 0 saturated heterocycles. The summed E-state index contributed by atoms with van der Waals surface area (Å²) in [6, 6.07) is 0. The molecule has 15 heavy (non-hydrogen) atoms. The lowest BCUT2D eigenvalue weighted by atomic mass is 10.1. The number of anilines is 4. The van der Waals surface area contributed by atoms with E-state index in [1.54, 1.807) is 0 Å². The summed E-state index contributed by atoms with van der Waals surface area (Å²) in [7, 11) is 0. The van der Waals surface area contributed by atoms with Crippen LogP contribution in [0.2, 0.25) is 0 Å². The smallest absolute Gasteiger partial charge is 0.289 e. The Balaban J connectivity index is 3.00. The first-order chi connectivity index (χ1) is 7.02. The molecule has 8 N–H and O–H groups in total. The van der Waals surface area contributed by atoms with Crippen molar-refractivity contribution in [2.24, 2.45) is 0 Å². The Kier molecular flexibility index (Phi) is 1.69. The number of hydrogen-bond donors (Lipinski definition) is 4. The molecule has 1 aromatic carbocycles. The first kappa shape index (κ1) is 9.13. The third kappa shape index (κ3) is 1.13. The Morgan fingerprint density at radius 3 is 2.27 bits per heavy atom. The summed E-state index contributed by atoms with van der Waals surface area (Å²) in [5, 5.41) is 11.4. The third-order valence-corrected chi connectivity index (χ3v) is 2.23. The number of aromatic nitrogens is 2. The van der Waals surface area contributed by atoms with Gasteiger partial charge in [-0.3, -0.25) is 0 Å². The molecular formula is C8H10N6O. The monoisotopic (exact) mass is 206 g/mol. The van der Waals surface area contributed by atoms with Gasteiger partial charge in [-0.15, -0.1) is 0 Å². The van der Waals surface area contributed by atoms with Crippen molar-refractivity contribution < 1.29 is 4.73 Å². The molecule has 0 saturated carbocycles. The van der Waals surface area contributed by atoms with E-state index >= 15 is 0 Å². The van der Waals surface area contributed by atoms with Crippen LogP contribution in [0.15, 0.2) is 12.5 Å². The van der Waals surface area contributed by atoms with E-state index in [1.807, 2.05) is 0 Å². The average Bonchev–Trinajstić information content (AvgIpc) is 2.23. The van der Waals surface area contributed by atoms with E-state index in [0.29, 0.717) is 15.6 Å². The van der Waals surface area contributed by atoms with Crippen molar-refractivity contribution in [2.75, 3.05) is 22.9 Å². The highest BCUT2D eigenvalue weighted by Gasteiger charge is 2.16. The summed E-state index contributed by atoms with van der Waals surface area (Å²) in [6.45, 7) is 0. The SMILES string of the molecule is Nc1c(N)c(N)c2nc[n+]([O-])cc2c1N. The van der Waals surface area contributed by atoms with E-state index in [-0.39, 0.29) is 22.7 Å². The normalized spacial score (nSPS) is 10.7. The zero-order valence-corrected chi connectivity index (χ0v) is 7.77. The summed E-state index contributed by atoms with van der Waals surface area (Å²) < 4.78 is 0.522. The third-order valence-electron chi connectivity index (χ3n) is 2.23. The van der Waals surface area contributed by atoms with Gasteiger partial charge in [0.1, 0.15) is 11.9 Å². The maximum Gasteiger partial charge on any atom is 0.289 e.